The van der Waals surface area contributed by atoms with Crippen molar-refractivity contribution in [2.75, 3.05) is 17.9 Å². The Balaban J connectivity index is 2.29. The third kappa shape index (κ3) is 3.42. The van der Waals surface area contributed by atoms with Gasteiger partial charge in [-0.1, -0.05) is 19.1 Å². The first kappa shape index (κ1) is 15.9. The van der Waals surface area contributed by atoms with E-state index in [1.54, 1.807) is 17.5 Å². The van der Waals surface area contributed by atoms with Crippen molar-refractivity contribution in [1.82, 2.24) is 5.32 Å². The van der Waals surface area contributed by atoms with Gasteiger partial charge in [-0.25, -0.2) is 12.8 Å². The standard InChI is InChI=1S/C14H17FN2O2S2/c1-3-16-9-11-8-12(10-20-11)21(18,19)17(2)14-7-5-4-6-13(14)15/h4-8,10,16H,3,9H2,1-2H3. The van der Waals surface area contributed by atoms with Gasteiger partial charge in [0.15, 0.2) is 0 Å². The van der Waals surface area contributed by atoms with Gasteiger partial charge >= 0.3 is 0 Å². The number of para-hydroxylation sites is 1. The summed E-state index contributed by atoms with van der Waals surface area (Å²) in [6.07, 6.45) is 0. The highest BCUT2D eigenvalue weighted by Gasteiger charge is 2.24. The number of anilines is 1. The topological polar surface area (TPSA) is 49.4 Å². The zero-order valence-corrected chi connectivity index (χ0v) is 13.5. The van der Waals surface area contributed by atoms with Crippen molar-refractivity contribution in [3.63, 3.8) is 0 Å². The third-order valence-corrected chi connectivity index (χ3v) is 5.86. The Morgan fingerprint density at radius 3 is 2.71 bits per heavy atom. The van der Waals surface area contributed by atoms with Gasteiger partial charge in [0.05, 0.1) is 10.6 Å². The maximum atomic E-state index is 13.7. The van der Waals surface area contributed by atoms with Gasteiger partial charge in [0, 0.05) is 23.8 Å². The molecule has 0 saturated heterocycles. The molecule has 0 bridgehead atoms. The van der Waals surface area contributed by atoms with Gasteiger partial charge in [-0.15, -0.1) is 11.3 Å². The maximum Gasteiger partial charge on any atom is 0.265 e. The monoisotopic (exact) mass is 328 g/mol. The maximum absolute atomic E-state index is 13.7. The number of nitrogens with zero attached hydrogens (tertiary/aromatic N) is 1. The summed E-state index contributed by atoms with van der Waals surface area (Å²) in [6, 6.07) is 7.44. The van der Waals surface area contributed by atoms with Crippen molar-refractivity contribution < 1.29 is 12.8 Å². The van der Waals surface area contributed by atoms with Crippen LogP contribution in [0.2, 0.25) is 0 Å². The van der Waals surface area contributed by atoms with Gasteiger partial charge in [0.25, 0.3) is 10.0 Å². The number of halogens is 1. The molecular weight excluding hydrogens is 311 g/mol. The van der Waals surface area contributed by atoms with E-state index < -0.39 is 15.8 Å². The summed E-state index contributed by atoms with van der Waals surface area (Å²) < 4.78 is 39.8. The van der Waals surface area contributed by atoms with Crippen molar-refractivity contribution in [3.05, 3.63) is 46.4 Å². The number of hydrogen-bond donors (Lipinski definition) is 1. The smallest absolute Gasteiger partial charge is 0.265 e. The molecule has 4 nitrogen and oxygen atoms in total. The molecular formula is C14H17FN2O2S2. The predicted octanol–water partition coefficient (Wildman–Crippen LogP) is 2.82. The van der Waals surface area contributed by atoms with Crippen molar-refractivity contribution in [2.24, 2.45) is 0 Å². The van der Waals surface area contributed by atoms with E-state index in [4.69, 9.17) is 0 Å². The predicted molar refractivity (Wildman–Crippen MR) is 83.7 cm³/mol. The molecule has 21 heavy (non-hydrogen) atoms. The lowest BCUT2D eigenvalue weighted by Gasteiger charge is -2.19. The molecule has 0 amide bonds. The summed E-state index contributed by atoms with van der Waals surface area (Å²) in [4.78, 5) is 1.11. The first-order valence-corrected chi connectivity index (χ1v) is 8.80. The summed E-state index contributed by atoms with van der Waals surface area (Å²) in [6.45, 7) is 3.42. The highest BCUT2D eigenvalue weighted by Crippen LogP contribution is 2.27. The molecule has 1 heterocycles. The molecule has 0 fully saturated rings. The van der Waals surface area contributed by atoms with Gasteiger partial charge in [-0.3, -0.25) is 4.31 Å². The Hall–Kier alpha value is -1.44. The molecule has 0 aliphatic rings. The lowest BCUT2D eigenvalue weighted by Crippen LogP contribution is -2.27. The zero-order valence-electron chi connectivity index (χ0n) is 11.8. The average molecular weight is 328 g/mol. The van der Waals surface area contributed by atoms with Crippen LogP contribution in [0, 0.1) is 5.82 Å². The number of hydrogen-bond acceptors (Lipinski definition) is 4. The van der Waals surface area contributed by atoms with Gasteiger partial charge < -0.3 is 5.32 Å². The Morgan fingerprint density at radius 1 is 1.33 bits per heavy atom. The number of benzene rings is 1. The van der Waals surface area contributed by atoms with Crippen LogP contribution in [0.4, 0.5) is 10.1 Å². The zero-order chi connectivity index (χ0) is 15.5. The molecule has 0 radical (unpaired) electrons. The van der Waals surface area contributed by atoms with E-state index in [0.717, 1.165) is 15.7 Å². The van der Waals surface area contributed by atoms with E-state index >= 15 is 0 Å². The van der Waals surface area contributed by atoms with E-state index in [2.05, 4.69) is 5.32 Å². The second-order valence-electron chi connectivity index (χ2n) is 4.45. The van der Waals surface area contributed by atoms with E-state index in [1.807, 2.05) is 6.92 Å². The van der Waals surface area contributed by atoms with Gasteiger partial charge in [-0.2, -0.15) is 0 Å². The Morgan fingerprint density at radius 2 is 2.05 bits per heavy atom. The molecule has 0 spiro atoms. The number of sulfonamides is 1. The molecule has 0 atom stereocenters. The summed E-state index contributed by atoms with van der Waals surface area (Å²) in [5.74, 6) is -0.563. The van der Waals surface area contributed by atoms with Crippen molar-refractivity contribution >= 4 is 27.0 Å². The normalized spacial score (nSPS) is 11.6. The lowest BCUT2D eigenvalue weighted by atomic mass is 10.3. The summed E-state index contributed by atoms with van der Waals surface area (Å²) in [5, 5.41) is 4.72. The van der Waals surface area contributed by atoms with E-state index in [9.17, 15) is 12.8 Å². The summed E-state index contributed by atoms with van der Waals surface area (Å²) in [5.41, 5.74) is 0.0388. The van der Waals surface area contributed by atoms with Crippen LogP contribution in [0.15, 0.2) is 40.6 Å². The minimum Gasteiger partial charge on any atom is -0.312 e. The average Bonchev–Trinajstić information content (AvgIpc) is 2.94. The molecule has 0 unspecified atom stereocenters. The van der Waals surface area contributed by atoms with Crippen molar-refractivity contribution in [3.8, 4) is 0 Å². The van der Waals surface area contributed by atoms with Crippen LogP contribution in [0.1, 0.15) is 11.8 Å². The third-order valence-electron chi connectivity index (χ3n) is 3.03. The van der Waals surface area contributed by atoms with Crippen LogP contribution >= 0.6 is 11.3 Å². The fourth-order valence-corrected chi connectivity index (χ4v) is 4.27. The minimum absolute atomic E-state index is 0.0388. The molecule has 1 aromatic carbocycles. The van der Waals surface area contributed by atoms with Crippen LogP contribution in [0.3, 0.4) is 0 Å². The molecule has 0 saturated carbocycles. The molecule has 2 rings (SSSR count). The lowest BCUT2D eigenvalue weighted by molar-refractivity contribution is 0.590. The summed E-state index contributed by atoms with van der Waals surface area (Å²) >= 11 is 1.37. The SMILES string of the molecule is CCNCc1cc(S(=O)(=O)N(C)c2ccccc2F)cs1. The van der Waals surface area contributed by atoms with Gasteiger partial charge in [-0.05, 0) is 24.7 Å². The second kappa shape index (κ2) is 6.55. The molecule has 1 N–H and O–H groups in total. The number of rotatable bonds is 6. The molecule has 114 valence electrons. The van der Waals surface area contributed by atoms with Crippen LogP contribution in [-0.2, 0) is 16.6 Å². The van der Waals surface area contributed by atoms with E-state index in [0.29, 0.717) is 6.54 Å². The van der Waals surface area contributed by atoms with Gasteiger partial charge in [0.2, 0.25) is 0 Å². The highest BCUT2D eigenvalue weighted by molar-refractivity contribution is 7.93. The molecule has 7 heteroatoms. The van der Waals surface area contributed by atoms with Crippen molar-refractivity contribution in [1.29, 1.82) is 0 Å². The fraction of sp³-hybridized carbons (Fsp3) is 0.286. The summed E-state index contributed by atoms with van der Waals surface area (Å²) in [7, 11) is -2.39. The first-order chi connectivity index (χ1) is 9.96. The Bertz CT molecular complexity index is 713. The first-order valence-electron chi connectivity index (χ1n) is 6.48. The highest BCUT2D eigenvalue weighted by atomic mass is 32.2. The van der Waals surface area contributed by atoms with Crippen LogP contribution < -0.4 is 9.62 Å². The number of nitrogens with one attached hydrogen (secondary N) is 1. The van der Waals surface area contributed by atoms with E-state index in [1.165, 1.54) is 36.6 Å². The Kier molecular flexibility index (Phi) is 4.97. The quantitative estimate of drug-likeness (QED) is 0.887. The second-order valence-corrected chi connectivity index (χ2v) is 7.42. The minimum atomic E-state index is -3.74. The van der Waals surface area contributed by atoms with Crippen LogP contribution in [0.5, 0.6) is 0 Å². The Labute approximate surface area is 128 Å². The van der Waals surface area contributed by atoms with Crippen molar-refractivity contribution in [2.45, 2.75) is 18.4 Å². The molecule has 0 aliphatic heterocycles. The number of thiophene rings is 1. The molecule has 1 aromatic heterocycles. The van der Waals surface area contributed by atoms with Crippen LogP contribution in [-0.4, -0.2) is 22.0 Å². The molecule has 2 aromatic rings. The van der Waals surface area contributed by atoms with Gasteiger partial charge in [0.1, 0.15) is 5.82 Å². The van der Waals surface area contributed by atoms with Crippen LogP contribution in [0.25, 0.3) is 0 Å². The fourth-order valence-electron chi connectivity index (χ4n) is 1.83. The van der Waals surface area contributed by atoms with E-state index in [-0.39, 0.29) is 10.6 Å². The largest absolute Gasteiger partial charge is 0.312 e. The molecule has 0 aliphatic carbocycles.